The summed E-state index contributed by atoms with van der Waals surface area (Å²) in [6, 6.07) is 14.4. The molecule has 128 valence electrons. The van der Waals surface area contributed by atoms with Crippen molar-refractivity contribution in [3.05, 3.63) is 59.2 Å². The van der Waals surface area contributed by atoms with Gasteiger partial charge in [-0.3, -0.25) is 0 Å². The minimum absolute atomic E-state index is 0.0451. The van der Waals surface area contributed by atoms with Crippen molar-refractivity contribution in [2.24, 2.45) is 0 Å². The van der Waals surface area contributed by atoms with Crippen LogP contribution >= 0.6 is 0 Å². The first-order valence-electron chi connectivity index (χ1n) is 8.20. The van der Waals surface area contributed by atoms with Gasteiger partial charge in [0.1, 0.15) is 36.4 Å². The van der Waals surface area contributed by atoms with E-state index in [1.807, 2.05) is 25.1 Å². The maximum Gasteiger partial charge on any atom is 0.342 e. The molecule has 0 amide bonds. The number of para-hydroxylation sites is 1. The summed E-state index contributed by atoms with van der Waals surface area (Å²) in [5.74, 6) is 1.09. The summed E-state index contributed by atoms with van der Waals surface area (Å²) in [4.78, 5) is 12.3. The first-order valence-corrected chi connectivity index (χ1v) is 8.20. The molecule has 1 heterocycles. The molecule has 5 nitrogen and oxygen atoms in total. The highest BCUT2D eigenvalue weighted by molar-refractivity contribution is 5.93. The standard InChI is InChI=1S/C20H19NO4/c1-13-14(2)25-19-17(13)4-3-5-18(19)20(22)24-11-10-23-16-8-6-15(12-21)7-9-16/h3-9,13-14H,10-11H2,1-2H3/t13-,14-/m0/s1. The second kappa shape index (κ2) is 7.27. The second-order valence-corrected chi connectivity index (χ2v) is 5.96. The number of benzene rings is 2. The quantitative estimate of drug-likeness (QED) is 0.615. The number of fused-ring (bicyclic) bond motifs is 1. The van der Waals surface area contributed by atoms with Crippen molar-refractivity contribution >= 4 is 5.97 Å². The molecule has 25 heavy (non-hydrogen) atoms. The van der Waals surface area contributed by atoms with Crippen LogP contribution in [-0.2, 0) is 4.74 Å². The van der Waals surface area contributed by atoms with Crippen molar-refractivity contribution in [3.63, 3.8) is 0 Å². The lowest BCUT2D eigenvalue weighted by Crippen LogP contribution is -2.14. The van der Waals surface area contributed by atoms with E-state index in [0.717, 1.165) is 5.56 Å². The van der Waals surface area contributed by atoms with E-state index in [1.165, 1.54) is 0 Å². The largest absolute Gasteiger partial charge is 0.490 e. The lowest BCUT2D eigenvalue weighted by Gasteiger charge is -2.10. The number of esters is 1. The Morgan fingerprint density at radius 3 is 2.64 bits per heavy atom. The van der Waals surface area contributed by atoms with Crippen molar-refractivity contribution in [2.75, 3.05) is 13.2 Å². The molecule has 2 aromatic carbocycles. The monoisotopic (exact) mass is 337 g/mol. The molecule has 0 radical (unpaired) electrons. The minimum atomic E-state index is -0.415. The van der Waals surface area contributed by atoms with E-state index >= 15 is 0 Å². The van der Waals surface area contributed by atoms with E-state index in [9.17, 15) is 4.79 Å². The molecular weight excluding hydrogens is 318 g/mol. The Kier molecular flexibility index (Phi) is 4.90. The zero-order valence-electron chi connectivity index (χ0n) is 14.2. The number of hydrogen-bond acceptors (Lipinski definition) is 5. The lowest BCUT2D eigenvalue weighted by atomic mass is 9.97. The molecule has 2 aromatic rings. The van der Waals surface area contributed by atoms with E-state index in [0.29, 0.717) is 22.6 Å². The number of nitriles is 1. The van der Waals surface area contributed by atoms with Gasteiger partial charge in [-0.05, 0) is 37.3 Å². The van der Waals surface area contributed by atoms with Crippen LogP contribution in [0.25, 0.3) is 0 Å². The number of rotatable bonds is 5. The van der Waals surface area contributed by atoms with Crippen LogP contribution in [0.5, 0.6) is 11.5 Å². The Bertz CT molecular complexity index is 807. The van der Waals surface area contributed by atoms with Crippen molar-refractivity contribution in [1.82, 2.24) is 0 Å². The predicted octanol–water partition coefficient (Wildman–Crippen LogP) is 3.68. The van der Waals surface area contributed by atoms with Gasteiger partial charge in [-0.2, -0.15) is 5.26 Å². The van der Waals surface area contributed by atoms with Gasteiger partial charge >= 0.3 is 5.97 Å². The fraction of sp³-hybridized carbons (Fsp3) is 0.300. The maximum absolute atomic E-state index is 12.3. The van der Waals surface area contributed by atoms with E-state index < -0.39 is 5.97 Å². The third-order valence-electron chi connectivity index (χ3n) is 4.33. The Hall–Kier alpha value is -3.00. The van der Waals surface area contributed by atoms with E-state index in [4.69, 9.17) is 19.5 Å². The Labute approximate surface area is 146 Å². The van der Waals surface area contributed by atoms with Gasteiger partial charge in [-0.1, -0.05) is 19.1 Å². The highest BCUT2D eigenvalue weighted by Crippen LogP contribution is 2.40. The molecule has 0 saturated heterocycles. The molecule has 0 fully saturated rings. The predicted molar refractivity (Wildman–Crippen MR) is 91.9 cm³/mol. The molecule has 0 aromatic heterocycles. The van der Waals surface area contributed by atoms with Crippen LogP contribution in [0, 0.1) is 11.3 Å². The van der Waals surface area contributed by atoms with Gasteiger partial charge in [0.05, 0.1) is 11.6 Å². The fourth-order valence-corrected chi connectivity index (χ4v) is 2.74. The summed E-state index contributed by atoms with van der Waals surface area (Å²) in [7, 11) is 0. The molecule has 1 aliphatic heterocycles. The Morgan fingerprint density at radius 1 is 1.16 bits per heavy atom. The van der Waals surface area contributed by atoms with Crippen molar-refractivity contribution < 1.29 is 19.0 Å². The Balaban J connectivity index is 1.54. The van der Waals surface area contributed by atoms with Gasteiger partial charge < -0.3 is 14.2 Å². The average molecular weight is 337 g/mol. The zero-order valence-corrected chi connectivity index (χ0v) is 14.2. The summed E-state index contributed by atoms with van der Waals surface area (Å²) in [6.07, 6.45) is 0.0451. The molecule has 0 N–H and O–H groups in total. The van der Waals surface area contributed by atoms with Crippen LogP contribution in [0.15, 0.2) is 42.5 Å². The highest BCUT2D eigenvalue weighted by Gasteiger charge is 2.31. The molecule has 2 atom stereocenters. The van der Waals surface area contributed by atoms with Crippen molar-refractivity contribution in [1.29, 1.82) is 5.26 Å². The van der Waals surface area contributed by atoms with Gasteiger partial charge in [-0.15, -0.1) is 0 Å². The first kappa shape index (κ1) is 16.8. The van der Waals surface area contributed by atoms with E-state index in [1.54, 1.807) is 30.3 Å². The molecular formula is C20H19NO4. The molecule has 3 rings (SSSR count). The summed E-state index contributed by atoms with van der Waals surface area (Å²) in [5, 5.41) is 8.75. The van der Waals surface area contributed by atoms with Crippen LogP contribution in [0.4, 0.5) is 0 Å². The molecule has 0 saturated carbocycles. The van der Waals surface area contributed by atoms with Crippen LogP contribution in [0.1, 0.15) is 41.3 Å². The van der Waals surface area contributed by atoms with Crippen LogP contribution < -0.4 is 9.47 Å². The van der Waals surface area contributed by atoms with Gasteiger partial charge in [0, 0.05) is 11.5 Å². The minimum Gasteiger partial charge on any atom is -0.490 e. The average Bonchev–Trinajstić information content (AvgIpc) is 2.93. The van der Waals surface area contributed by atoms with Crippen LogP contribution in [0.2, 0.25) is 0 Å². The third kappa shape index (κ3) is 3.58. The second-order valence-electron chi connectivity index (χ2n) is 5.96. The molecule has 0 spiro atoms. The van der Waals surface area contributed by atoms with E-state index in [-0.39, 0.29) is 25.2 Å². The molecule has 0 unspecified atom stereocenters. The fourth-order valence-electron chi connectivity index (χ4n) is 2.74. The number of carbonyl (C=O) groups excluding carboxylic acids is 1. The SMILES string of the molecule is C[C@@H]1Oc2c(C(=O)OCCOc3ccc(C#N)cc3)cccc2[C@H]1C. The number of carbonyl (C=O) groups is 1. The zero-order chi connectivity index (χ0) is 17.8. The summed E-state index contributed by atoms with van der Waals surface area (Å²) in [6.45, 7) is 4.44. The third-order valence-corrected chi connectivity index (χ3v) is 4.33. The summed E-state index contributed by atoms with van der Waals surface area (Å²) >= 11 is 0. The Morgan fingerprint density at radius 2 is 1.92 bits per heavy atom. The van der Waals surface area contributed by atoms with Gasteiger partial charge in [-0.25, -0.2) is 4.79 Å². The number of nitrogens with zero attached hydrogens (tertiary/aromatic N) is 1. The highest BCUT2D eigenvalue weighted by atomic mass is 16.6. The van der Waals surface area contributed by atoms with Crippen LogP contribution in [-0.4, -0.2) is 25.3 Å². The topological polar surface area (TPSA) is 68.6 Å². The maximum atomic E-state index is 12.3. The molecule has 0 aliphatic carbocycles. The lowest BCUT2D eigenvalue weighted by molar-refractivity contribution is 0.0445. The first-order chi connectivity index (χ1) is 12.1. The summed E-state index contributed by atoms with van der Waals surface area (Å²) < 4.78 is 16.6. The van der Waals surface area contributed by atoms with Gasteiger partial charge in [0.2, 0.25) is 0 Å². The van der Waals surface area contributed by atoms with Crippen molar-refractivity contribution in [3.8, 4) is 17.6 Å². The molecule has 0 bridgehead atoms. The normalized spacial score (nSPS) is 18.0. The number of hydrogen-bond donors (Lipinski definition) is 0. The van der Waals surface area contributed by atoms with Gasteiger partial charge in [0.25, 0.3) is 0 Å². The van der Waals surface area contributed by atoms with Gasteiger partial charge in [0.15, 0.2) is 0 Å². The molecule has 5 heteroatoms. The van der Waals surface area contributed by atoms with Crippen molar-refractivity contribution in [2.45, 2.75) is 25.9 Å². The smallest absolute Gasteiger partial charge is 0.342 e. The van der Waals surface area contributed by atoms with E-state index in [2.05, 4.69) is 6.92 Å². The van der Waals surface area contributed by atoms with Crippen LogP contribution in [0.3, 0.4) is 0 Å². The summed E-state index contributed by atoms with van der Waals surface area (Å²) in [5.41, 5.74) is 2.06. The number of ether oxygens (including phenoxy) is 3. The molecule has 1 aliphatic rings.